The van der Waals surface area contributed by atoms with Gasteiger partial charge in [-0.2, -0.15) is 5.26 Å². The van der Waals surface area contributed by atoms with Gasteiger partial charge < -0.3 is 0 Å². The zero-order valence-corrected chi connectivity index (χ0v) is 7.99. The molecule has 1 fully saturated rings. The van der Waals surface area contributed by atoms with Crippen LogP contribution < -0.4 is 0 Å². The molecule has 0 aliphatic heterocycles. The highest BCUT2D eigenvalue weighted by Gasteiger charge is 2.58. The Labute approximate surface area is 79.0 Å². The maximum atomic E-state index is 8.92. The van der Waals surface area contributed by atoms with Gasteiger partial charge in [-0.3, -0.25) is 0 Å². The van der Waals surface area contributed by atoms with Crippen LogP contribution in [0.4, 0.5) is 0 Å². The average molecular weight is 171 g/mol. The quantitative estimate of drug-likeness (QED) is 0.637. The third kappa shape index (κ3) is 1.14. The largest absolute Gasteiger partial charge is 0.198 e. The first kappa shape index (κ1) is 8.31. The third-order valence-corrected chi connectivity index (χ3v) is 3.13. The van der Waals surface area contributed by atoms with Crippen LogP contribution in [-0.4, -0.2) is 0 Å². The Morgan fingerprint density at radius 1 is 1.23 bits per heavy atom. The van der Waals surface area contributed by atoms with Crippen LogP contribution in [0.2, 0.25) is 0 Å². The SMILES string of the molecule is CC1(C)C(C#N)C1c1ccccc1. The number of nitriles is 1. The summed E-state index contributed by atoms with van der Waals surface area (Å²) in [7, 11) is 0. The maximum absolute atomic E-state index is 8.92. The van der Waals surface area contributed by atoms with Crippen LogP contribution in [0.15, 0.2) is 30.3 Å². The van der Waals surface area contributed by atoms with Gasteiger partial charge >= 0.3 is 0 Å². The van der Waals surface area contributed by atoms with Gasteiger partial charge in [0.1, 0.15) is 0 Å². The number of hydrogen-bond acceptors (Lipinski definition) is 1. The summed E-state index contributed by atoms with van der Waals surface area (Å²) in [5.74, 6) is 0.647. The average Bonchev–Trinajstić information content (AvgIpc) is 2.69. The summed E-state index contributed by atoms with van der Waals surface area (Å²) in [5, 5.41) is 8.92. The second-order valence-electron chi connectivity index (χ2n) is 4.32. The Bertz CT molecular complexity index is 345. The van der Waals surface area contributed by atoms with Crippen LogP contribution in [0, 0.1) is 22.7 Å². The minimum atomic E-state index is 0.177. The van der Waals surface area contributed by atoms with Gasteiger partial charge in [0.25, 0.3) is 0 Å². The molecular formula is C12H13N. The molecule has 0 bridgehead atoms. The predicted octanol–water partition coefficient (Wildman–Crippen LogP) is 2.95. The van der Waals surface area contributed by atoms with E-state index >= 15 is 0 Å². The van der Waals surface area contributed by atoms with Crippen molar-refractivity contribution in [3.05, 3.63) is 35.9 Å². The van der Waals surface area contributed by atoms with Gasteiger partial charge in [0.05, 0.1) is 12.0 Å². The summed E-state index contributed by atoms with van der Waals surface area (Å²) in [6, 6.07) is 12.7. The summed E-state index contributed by atoms with van der Waals surface area (Å²) in [4.78, 5) is 0. The summed E-state index contributed by atoms with van der Waals surface area (Å²) in [6.07, 6.45) is 0. The molecule has 0 N–H and O–H groups in total. The molecule has 1 saturated carbocycles. The molecule has 0 spiro atoms. The Hall–Kier alpha value is -1.29. The van der Waals surface area contributed by atoms with Crippen LogP contribution in [0.25, 0.3) is 0 Å². The first-order chi connectivity index (χ1) is 6.18. The van der Waals surface area contributed by atoms with E-state index in [1.165, 1.54) is 5.56 Å². The zero-order chi connectivity index (χ0) is 9.47. The molecule has 0 aromatic heterocycles. The summed E-state index contributed by atoms with van der Waals surface area (Å²) in [5.41, 5.74) is 1.48. The molecule has 1 nitrogen and oxygen atoms in total. The van der Waals surface area contributed by atoms with Crippen LogP contribution in [-0.2, 0) is 0 Å². The van der Waals surface area contributed by atoms with Crippen LogP contribution >= 0.6 is 0 Å². The zero-order valence-electron chi connectivity index (χ0n) is 7.99. The van der Waals surface area contributed by atoms with Crippen molar-refractivity contribution in [3.63, 3.8) is 0 Å². The Kier molecular flexibility index (Phi) is 1.66. The lowest BCUT2D eigenvalue weighted by Crippen LogP contribution is -1.89. The molecule has 2 unspecified atom stereocenters. The van der Waals surface area contributed by atoms with E-state index in [2.05, 4.69) is 32.0 Å². The van der Waals surface area contributed by atoms with Crippen LogP contribution in [0.3, 0.4) is 0 Å². The van der Waals surface area contributed by atoms with E-state index in [0.29, 0.717) is 5.92 Å². The van der Waals surface area contributed by atoms with Gasteiger partial charge in [0, 0.05) is 5.92 Å². The number of benzene rings is 1. The molecule has 2 rings (SSSR count). The molecule has 1 aromatic rings. The standard InChI is InChI=1S/C12H13N/c1-12(2)10(8-13)11(12)9-6-4-3-5-7-9/h3-7,10-11H,1-2H3. The second-order valence-corrected chi connectivity index (χ2v) is 4.32. The molecule has 1 heteroatoms. The Balaban J connectivity index is 2.28. The summed E-state index contributed by atoms with van der Waals surface area (Å²) >= 11 is 0. The van der Waals surface area contributed by atoms with Gasteiger partial charge in [-0.25, -0.2) is 0 Å². The van der Waals surface area contributed by atoms with Crippen molar-refractivity contribution in [1.82, 2.24) is 0 Å². The van der Waals surface area contributed by atoms with E-state index < -0.39 is 0 Å². The first-order valence-electron chi connectivity index (χ1n) is 4.62. The van der Waals surface area contributed by atoms with Crippen LogP contribution in [0.1, 0.15) is 25.3 Å². The van der Waals surface area contributed by atoms with E-state index in [1.807, 2.05) is 18.2 Å². The number of hydrogen-bond donors (Lipinski definition) is 0. The fourth-order valence-corrected chi connectivity index (χ4v) is 2.16. The molecule has 1 aliphatic carbocycles. The van der Waals surface area contributed by atoms with Gasteiger partial charge in [-0.1, -0.05) is 44.2 Å². The number of rotatable bonds is 1. The molecule has 13 heavy (non-hydrogen) atoms. The highest BCUT2D eigenvalue weighted by Crippen LogP contribution is 2.63. The van der Waals surface area contributed by atoms with Crippen molar-refractivity contribution < 1.29 is 0 Å². The van der Waals surface area contributed by atoms with E-state index in [4.69, 9.17) is 5.26 Å². The van der Waals surface area contributed by atoms with Crippen molar-refractivity contribution in [3.8, 4) is 6.07 Å². The van der Waals surface area contributed by atoms with Gasteiger partial charge in [0.15, 0.2) is 0 Å². The number of nitrogens with zero attached hydrogens (tertiary/aromatic N) is 1. The normalized spacial score (nSPS) is 29.3. The van der Waals surface area contributed by atoms with E-state index in [1.54, 1.807) is 0 Å². The van der Waals surface area contributed by atoms with Crippen molar-refractivity contribution in [2.24, 2.45) is 11.3 Å². The fraction of sp³-hybridized carbons (Fsp3) is 0.417. The molecule has 1 aromatic carbocycles. The lowest BCUT2D eigenvalue weighted by molar-refractivity contribution is 0.596. The van der Waals surface area contributed by atoms with Gasteiger partial charge in [-0.15, -0.1) is 0 Å². The minimum absolute atomic E-state index is 0.177. The molecule has 0 heterocycles. The fourth-order valence-electron chi connectivity index (χ4n) is 2.16. The predicted molar refractivity (Wildman–Crippen MR) is 52.1 cm³/mol. The highest BCUT2D eigenvalue weighted by molar-refractivity contribution is 5.35. The van der Waals surface area contributed by atoms with Crippen molar-refractivity contribution in [2.45, 2.75) is 19.8 Å². The van der Waals surface area contributed by atoms with E-state index in [-0.39, 0.29) is 11.3 Å². The van der Waals surface area contributed by atoms with Crippen molar-refractivity contribution >= 4 is 0 Å². The summed E-state index contributed by atoms with van der Waals surface area (Å²) in [6.45, 7) is 4.33. The molecule has 2 atom stereocenters. The minimum Gasteiger partial charge on any atom is -0.198 e. The summed E-state index contributed by atoms with van der Waals surface area (Å²) < 4.78 is 0. The second kappa shape index (κ2) is 2.60. The first-order valence-corrected chi connectivity index (χ1v) is 4.62. The Morgan fingerprint density at radius 3 is 2.31 bits per heavy atom. The smallest absolute Gasteiger partial charge is 0.0668 e. The third-order valence-electron chi connectivity index (χ3n) is 3.13. The maximum Gasteiger partial charge on any atom is 0.0668 e. The molecule has 0 radical (unpaired) electrons. The van der Waals surface area contributed by atoms with Gasteiger partial charge in [-0.05, 0) is 11.0 Å². The molecule has 0 amide bonds. The molecular weight excluding hydrogens is 158 g/mol. The van der Waals surface area contributed by atoms with Gasteiger partial charge in [0.2, 0.25) is 0 Å². The Morgan fingerprint density at radius 2 is 1.85 bits per heavy atom. The molecule has 0 saturated heterocycles. The lowest BCUT2D eigenvalue weighted by Gasteiger charge is -2.00. The lowest BCUT2D eigenvalue weighted by atomic mass is 10.0. The monoisotopic (exact) mass is 171 g/mol. The molecule has 1 aliphatic rings. The highest BCUT2D eigenvalue weighted by atomic mass is 14.6. The van der Waals surface area contributed by atoms with E-state index in [0.717, 1.165) is 0 Å². The van der Waals surface area contributed by atoms with Crippen molar-refractivity contribution in [2.75, 3.05) is 0 Å². The topological polar surface area (TPSA) is 23.8 Å². The van der Waals surface area contributed by atoms with E-state index in [9.17, 15) is 0 Å². The molecule has 66 valence electrons. The van der Waals surface area contributed by atoms with Crippen molar-refractivity contribution in [1.29, 1.82) is 5.26 Å². The van der Waals surface area contributed by atoms with Crippen LogP contribution in [0.5, 0.6) is 0 Å².